The van der Waals surface area contributed by atoms with Crippen molar-refractivity contribution < 1.29 is 50.0 Å². The first-order valence-electron chi connectivity index (χ1n) is 30.5. The molecule has 0 aliphatic carbocycles. The van der Waals surface area contributed by atoms with Crippen LogP contribution in [-0.4, -0.2) is 110 Å². The predicted molar refractivity (Wildman–Crippen MR) is 302 cm³/mol. The summed E-state index contributed by atoms with van der Waals surface area (Å²) in [5.41, 5.74) is 0. The lowest BCUT2D eigenvalue weighted by Gasteiger charge is -2.40. The molecule has 0 spiro atoms. The normalized spacial score (nSPS) is 20.3. The number of amides is 1. The molecule has 1 aliphatic heterocycles. The highest BCUT2D eigenvalue weighted by molar-refractivity contribution is 5.80. The first-order chi connectivity index (χ1) is 35.7. The molecular weight excluding hydrogens is 919 g/mol. The Hall–Kier alpha value is -1.93. The number of aliphatic hydroxyl groups is 7. The second-order valence-corrected chi connectivity index (χ2v) is 21.4. The molecule has 0 saturated carbocycles. The van der Waals surface area contributed by atoms with E-state index >= 15 is 0 Å². The quantitative estimate of drug-likeness (QED) is 0.0215. The molecule has 0 aromatic heterocycles. The van der Waals surface area contributed by atoms with Crippen LogP contribution in [0.25, 0.3) is 0 Å². The van der Waals surface area contributed by atoms with E-state index < -0.39 is 74.2 Å². The largest absolute Gasteiger partial charge is 0.394 e. The third kappa shape index (κ3) is 39.1. The molecule has 0 bridgehead atoms. The zero-order valence-electron chi connectivity index (χ0n) is 46.9. The van der Waals surface area contributed by atoms with Crippen LogP contribution >= 0.6 is 0 Å². The van der Waals surface area contributed by atoms with Crippen molar-refractivity contribution in [3.05, 3.63) is 48.6 Å². The van der Waals surface area contributed by atoms with E-state index in [1.165, 1.54) is 173 Å². The molecular formula is C62H115NO10. The van der Waals surface area contributed by atoms with Crippen molar-refractivity contribution in [2.45, 2.75) is 326 Å². The van der Waals surface area contributed by atoms with Gasteiger partial charge in [-0.15, -0.1) is 0 Å². The molecule has 9 unspecified atom stereocenters. The van der Waals surface area contributed by atoms with Crippen LogP contribution in [0.2, 0.25) is 0 Å². The molecule has 428 valence electrons. The summed E-state index contributed by atoms with van der Waals surface area (Å²) in [4.78, 5) is 13.2. The molecule has 11 heteroatoms. The van der Waals surface area contributed by atoms with Gasteiger partial charge in [-0.05, 0) is 89.9 Å². The maximum atomic E-state index is 13.2. The van der Waals surface area contributed by atoms with Gasteiger partial charge in [0.1, 0.15) is 36.6 Å². The Kier molecular flexibility index (Phi) is 48.1. The van der Waals surface area contributed by atoms with Crippen molar-refractivity contribution >= 4 is 5.91 Å². The Morgan fingerprint density at radius 3 is 1.22 bits per heavy atom. The zero-order chi connectivity index (χ0) is 53.3. The maximum Gasteiger partial charge on any atom is 0.249 e. The van der Waals surface area contributed by atoms with E-state index in [2.05, 4.69) is 67.8 Å². The molecule has 1 fully saturated rings. The summed E-state index contributed by atoms with van der Waals surface area (Å²) in [6.07, 6.45) is 53.1. The van der Waals surface area contributed by atoms with Crippen LogP contribution in [0.15, 0.2) is 48.6 Å². The van der Waals surface area contributed by atoms with Crippen LogP contribution in [-0.2, 0) is 14.3 Å². The van der Waals surface area contributed by atoms with Crippen LogP contribution in [0.5, 0.6) is 0 Å². The minimum absolute atomic E-state index is 0.240. The fraction of sp³-hybridized carbons (Fsp3) is 0.855. The molecule has 0 aromatic rings. The number of unbranched alkanes of at least 4 members (excludes halogenated alkanes) is 32. The average Bonchev–Trinajstić information content (AvgIpc) is 3.39. The summed E-state index contributed by atoms with van der Waals surface area (Å²) >= 11 is 0. The monoisotopic (exact) mass is 1030 g/mol. The number of hydrogen-bond acceptors (Lipinski definition) is 10. The second kappa shape index (κ2) is 50.9. The lowest BCUT2D eigenvalue weighted by atomic mass is 9.98. The van der Waals surface area contributed by atoms with Crippen LogP contribution in [0, 0.1) is 0 Å². The van der Waals surface area contributed by atoms with Gasteiger partial charge in [0, 0.05) is 0 Å². The summed E-state index contributed by atoms with van der Waals surface area (Å²) in [6, 6.07) is -1.20. The summed E-state index contributed by atoms with van der Waals surface area (Å²) in [7, 11) is 0. The van der Waals surface area contributed by atoms with Crippen LogP contribution < -0.4 is 5.32 Å². The van der Waals surface area contributed by atoms with Gasteiger partial charge in [-0.1, -0.05) is 229 Å². The van der Waals surface area contributed by atoms with Gasteiger partial charge in [-0.3, -0.25) is 4.79 Å². The molecule has 11 nitrogen and oxygen atoms in total. The molecule has 1 heterocycles. The Labute approximate surface area is 447 Å². The zero-order valence-corrected chi connectivity index (χ0v) is 46.9. The Morgan fingerprint density at radius 2 is 0.822 bits per heavy atom. The number of ether oxygens (including phenoxy) is 2. The Morgan fingerprint density at radius 1 is 0.466 bits per heavy atom. The topological polar surface area (TPSA) is 189 Å². The first-order valence-corrected chi connectivity index (χ1v) is 30.5. The van der Waals surface area contributed by atoms with E-state index in [0.717, 1.165) is 51.4 Å². The van der Waals surface area contributed by atoms with Gasteiger partial charge in [-0.2, -0.15) is 0 Å². The molecule has 8 N–H and O–H groups in total. The summed E-state index contributed by atoms with van der Waals surface area (Å²) in [5.74, 6) is -0.713. The van der Waals surface area contributed by atoms with E-state index in [-0.39, 0.29) is 12.8 Å². The number of aliphatic hydroxyl groups excluding tert-OH is 7. The average molecular weight is 1030 g/mol. The van der Waals surface area contributed by atoms with Crippen molar-refractivity contribution in [3.8, 4) is 0 Å². The Balaban J connectivity index is 2.33. The lowest BCUT2D eigenvalue weighted by molar-refractivity contribution is -0.303. The van der Waals surface area contributed by atoms with Gasteiger partial charge in [-0.25, -0.2) is 0 Å². The molecule has 1 saturated heterocycles. The predicted octanol–water partition coefficient (Wildman–Crippen LogP) is 13.2. The third-order valence-electron chi connectivity index (χ3n) is 14.6. The van der Waals surface area contributed by atoms with E-state index in [9.17, 15) is 40.5 Å². The fourth-order valence-corrected chi connectivity index (χ4v) is 9.59. The van der Waals surface area contributed by atoms with Gasteiger partial charge in [0.05, 0.1) is 25.4 Å². The van der Waals surface area contributed by atoms with Crippen LogP contribution in [0.3, 0.4) is 0 Å². The highest BCUT2D eigenvalue weighted by atomic mass is 16.7. The third-order valence-corrected chi connectivity index (χ3v) is 14.6. The van der Waals surface area contributed by atoms with Crippen molar-refractivity contribution in [2.75, 3.05) is 13.2 Å². The molecule has 0 aromatic carbocycles. The number of allylic oxidation sites excluding steroid dienone is 8. The highest BCUT2D eigenvalue weighted by Gasteiger charge is 2.44. The van der Waals surface area contributed by atoms with Gasteiger partial charge < -0.3 is 50.5 Å². The molecule has 1 aliphatic rings. The van der Waals surface area contributed by atoms with E-state index in [1.54, 1.807) is 0 Å². The van der Waals surface area contributed by atoms with Gasteiger partial charge >= 0.3 is 0 Å². The molecule has 73 heavy (non-hydrogen) atoms. The standard InChI is InChI=1S/C62H115NO10/c1-3-5-7-9-11-13-15-17-19-21-23-25-27-28-30-32-34-36-38-40-42-44-46-48-50-55(66)61(71)63-53(52-72-62-60(70)59(69)58(68)56(51-64)73-62)57(67)54(65)49-47-45-43-41-39-37-35-33-31-29-26-24-22-20-18-16-14-12-10-8-6-4-2/h24,26,28,30,33,35,41,43,53-60,62,64-70H,3-23,25,27,29,31-32,34,36-40,42,44-52H2,1-2H3,(H,63,71)/b26-24+,30-28-,35-33+,43-41+. The number of carbonyl (C=O) groups excluding carboxylic acids is 1. The summed E-state index contributed by atoms with van der Waals surface area (Å²) in [5, 5.41) is 76.2. The second-order valence-electron chi connectivity index (χ2n) is 21.4. The summed E-state index contributed by atoms with van der Waals surface area (Å²) in [6.45, 7) is 3.46. The smallest absolute Gasteiger partial charge is 0.249 e. The van der Waals surface area contributed by atoms with E-state index in [4.69, 9.17) is 9.47 Å². The number of hydrogen-bond donors (Lipinski definition) is 8. The SMILES string of the molecule is CCCCCCCCCCC/C=C/CC/C=C/CC/C=C/CCCC(O)C(O)C(COC1OC(CO)C(O)C(O)C1O)NC(=O)C(O)CCCCCCCCCC/C=C\CCCCCCCCCCCCCC. The summed E-state index contributed by atoms with van der Waals surface area (Å²) < 4.78 is 11.1. The number of carbonyl (C=O) groups is 1. The fourth-order valence-electron chi connectivity index (χ4n) is 9.59. The van der Waals surface area contributed by atoms with Crippen LogP contribution in [0.1, 0.15) is 271 Å². The molecule has 0 radical (unpaired) electrons. The number of nitrogens with one attached hydrogen (secondary N) is 1. The Bertz CT molecular complexity index is 1320. The van der Waals surface area contributed by atoms with Crippen molar-refractivity contribution in [1.82, 2.24) is 5.32 Å². The van der Waals surface area contributed by atoms with Gasteiger partial charge in [0.25, 0.3) is 0 Å². The maximum absolute atomic E-state index is 13.2. The molecule has 9 atom stereocenters. The molecule has 1 rings (SSSR count). The van der Waals surface area contributed by atoms with Crippen molar-refractivity contribution in [1.29, 1.82) is 0 Å². The molecule has 1 amide bonds. The number of rotatable bonds is 52. The van der Waals surface area contributed by atoms with Crippen LogP contribution in [0.4, 0.5) is 0 Å². The van der Waals surface area contributed by atoms with Crippen molar-refractivity contribution in [2.24, 2.45) is 0 Å². The minimum Gasteiger partial charge on any atom is -0.394 e. The lowest BCUT2D eigenvalue weighted by Crippen LogP contribution is -2.60. The first kappa shape index (κ1) is 69.1. The van der Waals surface area contributed by atoms with Crippen molar-refractivity contribution in [3.63, 3.8) is 0 Å². The minimum atomic E-state index is -1.67. The highest BCUT2D eigenvalue weighted by Crippen LogP contribution is 2.23. The van der Waals surface area contributed by atoms with E-state index in [1.807, 2.05) is 0 Å². The van der Waals surface area contributed by atoms with Gasteiger partial charge in [0.2, 0.25) is 5.91 Å². The van der Waals surface area contributed by atoms with E-state index in [0.29, 0.717) is 19.3 Å². The van der Waals surface area contributed by atoms with Gasteiger partial charge in [0.15, 0.2) is 6.29 Å².